The Labute approximate surface area is 86.0 Å². The zero-order valence-corrected chi connectivity index (χ0v) is 9.62. The molecular formula is C11H21NS. The van der Waals surface area contributed by atoms with Crippen molar-refractivity contribution < 1.29 is 0 Å². The van der Waals surface area contributed by atoms with Gasteiger partial charge in [0.05, 0.1) is 4.87 Å². The summed E-state index contributed by atoms with van der Waals surface area (Å²) >= 11 is 2.16. The molecule has 13 heavy (non-hydrogen) atoms. The predicted octanol–water partition coefficient (Wildman–Crippen LogP) is 3.01. The normalized spacial score (nSPS) is 41.5. The Morgan fingerprint density at radius 1 is 1.38 bits per heavy atom. The largest absolute Gasteiger partial charge is 0.303 e. The van der Waals surface area contributed by atoms with Crippen molar-refractivity contribution in [3.63, 3.8) is 0 Å². The lowest BCUT2D eigenvalue weighted by atomic mass is 9.81. The van der Waals surface area contributed by atoms with Crippen molar-refractivity contribution in [1.29, 1.82) is 0 Å². The van der Waals surface area contributed by atoms with Crippen LogP contribution < -0.4 is 5.32 Å². The second kappa shape index (κ2) is 3.82. The molecule has 0 radical (unpaired) electrons. The molecule has 2 heteroatoms. The summed E-state index contributed by atoms with van der Waals surface area (Å²) in [4.78, 5) is 0.392. The number of hydrogen-bond donors (Lipinski definition) is 1. The van der Waals surface area contributed by atoms with Crippen LogP contribution >= 0.6 is 11.8 Å². The highest BCUT2D eigenvalue weighted by Gasteiger charge is 2.34. The molecule has 0 aromatic carbocycles. The summed E-state index contributed by atoms with van der Waals surface area (Å²) in [7, 11) is 0. The smallest absolute Gasteiger partial charge is 0.0622 e. The van der Waals surface area contributed by atoms with Gasteiger partial charge in [0.2, 0.25) is 0 Å². The zero-order chi connectivity index (χ0) is 9.31. The van der Waals surface area contributed by atoms with E-state index in [0.29, 0.717) is 4.87 Å². The Kier molecular flexibility index (Phi) is 2.89. The topological polar surface area (TPSA) is 12.0 Å². The van der Waals surface area contributed by atoms with Crippen molar-refractivity contribution in [3.05, 3.63) is 0 Å². The van der Waals surface area contributed by atoms with Gasteiger partial charge in [-0.15, -0.1) is 11.8 Å². The van der Waals surface area contributed by atoms with E-state index >= 15 is 0 Å². The van der Waals surface area contributed by atoms with Crippen molar-refractivity contribution in [3.8, 4) is 0 Å². The van der Waals surface area contributed by atoms with Gasteiger partial charge < -0.3 is 5.32 Å². The number of nitrogens with one attached hydrogen (secondary N) is 1. The van der Waals surface area contributed by atoms with Crippen LogP contribution in [0.3, 0.4) is 0 Å². The van der Waals surface area contributed by atoms with Crippen LogP contribution in [0.4, 0.5) is 0 Å². The van der Waals surface area contributed by atoms with Crippen molar-refractivity contribution in [2.75, 3.05) is 6.54 Å². The molecule has 76 valence electrons. The molecule has 2 fully saturated rings. The van der Waals surface area contributed by atoms with Gasteiger partial charge in [-0.25, -0.2) is 0 Å². The van der Waals surface area contributed by atoms with Crippen LogP contribution in [0.2, 0.25) is 0 Å². The number of thioether (sulfide) groups is 1. The quantitative estimate of drug-likeness (QED) is 0.733. The summed E-state index contributed by atoms with van der Waals surface area (Å²) in [6.07, 6.45) is 7.16. The Hall–Kier alpha value is 0.310. The van der Waals surface area contributed by atoms with Gasteiger partial charge in [-0.3, -0.25) is 0 Å². The first-order chi connectivity index (χ1) is 6.18. The molecular weight excluding hydrogens is 178 g/mol. The molecule has 2 rings (SSSR count). The molecule has 2 aliphatic rings. The maximum absolute atomic E-state index is 3.69. The second-order valence-electron chi connectivity index (χ2n) is 4.88. The monoisotopic (exact) mass is 199 g/mol. The Morgan fingerprint density at radius 2 is 2.15 bits per heavy atom. The lowest BCUT2D eigenvalue weighted by molar-refractivity contribution is 0.249. The highest BCUT2D eigenvalue weighted by molar-refractivity contribution is 8.01. The van der Waals surface area contributed by atoms with E-state index in [4.69, 9.17) is 0 Å². The average molecular weight is 199 g/mol. The molecule has 0 amide bonds. The minimum atomic E-state index is 0.392. The third kappa shape index (κ3) is 2.41. The first kappa shape index (κ1) is 9.85. The summed E-state index contributed by atoms with van der Waals surface area (Å²) < 4.78 is 0. The van der Waals surface area contributed by atoms with Crippen molar-refractivity contribution in [2.24, 2.45) is 5.92 Å². The van der Waals surface area contributed by atoms with Crippen LogP contribution in [0.1, 0.15) is 46.0 Å². The highest BCUT2D eigenvalue weighted by atomic mass is 32.2. The fraction of sp³-hybridized carbons (Fsp3) is 1.00. The maximum atomic E-state index is 3.69. The first-order valence-electron chi connectivity index (χ1n) is 5.61. The lowest BCUT2D eigenvalue weighted by Gasteiger charge is -2.42. The van der Waals surface area contributed by atoms with Crippen LogP contribution in [0.5, 0.6) is 0 Å². The Balaban J connectivity index is 1.85. The van der Waals surface area contributed by atoms with Crippen LogP contribution in [0.15, 0.2) is 0 Å². The molecule has 1 nitrogen and oxygen atoms in total. The van der Waals surface area contributed by atoms with Gasteiger partial charge in [-0.2, -0.15) is 0 Å². The molecule has 0 aromatic rings. The van der Waals surface area contributed by atoms with Gasteiger partial charge in [-0.05, 0) is 32.2 Å². The SMILES string of the molecule is CC1CCNC(C)(CC2CCC2)S1. The molecule has 2 atom stereocenters. The fourth-order valence-electron chi connectivity index (χ4n) is 2.45. The van der Waals surface area contributed by atoms with E-state index in [-0.39, 0.29) is 0 Å². The van der Waals surface area contributed by atoms with Gasteiger partial charge >= 0.3 is 0 Å². The Morgan fingerprint density at radius 3 is 2.69 bits per heavy atom. The molecule has 1 N–H and O–H groups in total. The minimum Gasteiger partial charge on any atom is -0.303 e. The molecule has 2 unspecified atom stereocenters. The lowest BCUT2D eigenvalue weighted by Crippen LogP contribution is -2.47. The van der Waals surface area contributed by atoms with Gasteiger partial charge in [0, 0.05) is 5.25 Å². The predicted molar refractivity (Wildman–Crippen MR) is 60.0 cm³/mol. The first-order valence-corrected chi connectivity index (χ1v) is 6.49. The molecule has 1 saturated carbocycles. The van der Waals surface area contributed by atoms with Crippen LogP contribution in [-0.2, 0) is 0 Å². The third-order valence-corrected chi connectivity index (χ3v) is 4.88. The van der Waals surface area contributed by atoms with Crippen LogP contribution in [0, 0.1) is 5.92 Å². The zero-order valence-electron chi connectivity index (χ0n) is 8.81. The fourth-order valence-corrected chi connectivity index (χ4v) is 4.09. The maximum Gasteiger partial charge on any atom is 0.0622 e. The van der Waals surface area contributed by atoms with E-state index in [1.807, 2.05) is 0 Å². The summed E-state index contributed by atoms with van der Waals surface area (Å²) in [6, 6.07) is 0. The second-order valence-corrected chi connectivity index (χ2v) is 6.82. The molecule has 1 heterocycles. The number of rotatable bonds is 2. The summed E-state index contributed by atoms with van der Waals surface area (Å²) in [6.45, 7) is 5.98. The van der Waals surface area contributed by atoms with Crippen molar-refractivity contribution >= 4 is 11.8 Å². The van der Waals surface area contributed by atoms with E-state index in [1.165, 1.54) is 38.6 Å². The van der Waals surface area contributed by atoms with Gasteiger partial charge in [0.15, 0.2) is 0 Å². The van der Waals surface area contributed by atoms with Gasteiger partial charge in [-0.1, -0.05) is 26.2 Å². The van der Waals surface area contributed by atoms with Crippen LogP contribution in [0.25, 0.3) is 0 Å². The minimum absolute atomic E-state index is 0.392. The van der Waals surface area contributed by atoms with Crippen molar-refractivity contribution in [1.82, 2.24) is 5.32 Å². The summed E-state index contributed by atoms with van der Waals surface area (Å²) in [5.41, 5.74) is 0. The van der Waals surface area contributed by atoms with Crippen LogP contribution in [-0.4, -0.2) is 16.7 Å². The standard InChI is InChI=1S/C11H21NS/c1-9-6-7-12-11(2,13-9)8-10-4-3-5-10/h9-10,12H,3-8H2,1-2H3. The van der Waals surface area contributed by atoms with E-state index in [0.717, 1.165) is 11.2 Å². The van der Waals surface area contributed by atoms with E-state index in [9.17, 15) is 0 Å². The van der Waals surface area contributed by atoms with E-state index in [2.05, 4.69) is 30.9 Å². The molecule has 0 bridgehead atoms. The van der Waals surface area contributed by atoms with E-state index in [1.54, 1.807) is 0 Å². The summed E-state index contributed by atoms with van der Waals surface area (Å²) in [5, 5.41) is 4.54. The highest BCUT2D eigenvalue weighted by Crippen LogP contribution is 2.41. The van der Waals surface area contributed by atoms with Gasteiger partial charge in [0.1, 0.15) is 0 Å². The third-order valence-electron chi connectivity index (χ3n) is 3.41. The van der Waals surface area contributed by atoms with Crippen molar-refractivity contribution in [2.45, 2.75) is 56.1 Å². The van der Waals surface area contributed by atoms with Gasteiger partial charge in [0.25, 0.3) is 0 Å². The molecule has 0 spiro atoms. The number of hydrogen-bond acceptors (Lipinski definition) is 2. The Bertz CT molecular complexity index is 179. The van der Waals surface area contributed by atoms with E-state index < -0.39 is 0 Å². The summed E-state index contributed by atoms with van der Waals surface area (Å²) in [5.74, 6) is 1.02. The molecule has 1 saturated heterocycles. The molecule has 1 aliphatic heterocycles. The average Bonchev–Trinajstić information content (AvgIpc) is 1.97. The molecule has 0 aromatic heterocycles. The molecule has 1 aliphatic carbocycles.